The van der Waals surface area contributed by atoms with Crippen molar-refractivity contribution in [2.24, 2.45) is 5.41 Å². The molecule has 0 heterocycles. The van der Waals surface area contributed by atoms with Crippen LogP contribution in [0.1, 0.15) is 41.5 Å². The SMILES string of the molecule is CC(=O)O[C@H]1[C@H](OC(C)=O)[C@@H](OC(=O)C(C)(C)C)C=C[C@@H]1OC(C)=O. The average Bonchev–Trinajstić information content (AvgIpc) is 2.42. The standard InChI is InChI=1S/C17H24O8/c1-9(18)22-12-7-8-13(25-16(21)17(4,5)6)15(24-11(3)20)14(12)23-10(2)19/h7-8,12-15H,1-6H3/t12-,13-,14+,15+/m0/s1. The first-order chi connectivity index (χ1) is 11.4. The summed E-state index contributed by atoms with van der Waals surface area (Å²) in [6.45, 7) is 8.57. The predicted molar refractivity (Wildman–Crippen MR) is 85.1 cm³/mol. The quantitative estimate of drug-likeness (QED) is 0.422. The van der Waals surface area contributed by atoms with Crippen LogP contribution in [0.5, 0.6) is 0 Å². The van der Waals surface area contributed by atoms with Gasteiger partial charge in [-0.3, -0.25) is 19.2 Å². The van der Waals surface area contributed by atoms with Gasteiger partial charge in [-0.15, -0.1) is 0 Å². The van der Waals surface area contributed by atoms with Crippen molar-refractivity contribution in [3.63, 3.8) is 0 Å². The highest BCUT2D eigenvalue weighted by molar-refractivity contribution is 5.76. The van der Waals surface area contributed by atoms with Crippen LogP contribution in [-0.4, -0.2) is 48.3 Å². The molecule has 0 aliphatic heterocycles. The molecule has 0 bridgehead atoms. The number of rotatable bonds is 4. The maximum absolute atomic E-state index is 12.2. The second kappa shape index (κ2) is 8.13. The van der Waals surface area contributed by atoms with Crippen molar-refractivity contribution < 1.29 is 38.1 Å². The molecule has 0 fully saturated rings. The van der Waals surface area contributed by atoms with Gasteiger partial charge in [0.1, 0.15) is 0 Å². The van der Waals surface area contributed by atoms with Crippen LogP contribution >= 0.6 is 0 Å². The Hall–Kier alpha value is -2.38. The maximum Gasteiger partial charge on any atom is 0.311 e. The summed E-state index contributed by atoms with van der Waals surface area (Å²) in [4.78, 5) is 46.3. The highest BCUT2D eigenvalue weighted by atomic mass is 16.6. The van der Waals surface area contributed by atoms with Crippen molar-refractivity contribution >= 4 is 23.9 Å². The Labute approximate surface area is 146 Å². The van der Waals surface area contributed by atoms with Crippen LogP contribution in [-0.2, 0) is 38.1 Å². The monoisotopic (exact) mass is 356 g/mol. The molecule has 0 radical (unpaired) electrons. The van der Waals surface area contributed by atoms with Crippen LogP contribution in [0.2, 0.25) is 0 Å². The second-order valence-corrected chi connectivity index (χ2v) is 6.73. The predicted octanol–water partition coefficient (Wildman–Crippen LogP) is 1.31. The van der Waals surface area contributed by atoms with Gasteiger partial charge >= 0.3 is 23.9 Å². The van der Waals surface area contributed by atoms with Crippen molar-refractivity contribution in [1.82, 2.24) is 0 Å². The first-order valence-corrected chi connectivity index (χ1v) is 7.83. The van der Waals surface area contributed by atoms with Crippen molar-refractivity contribution in [1.29, 1.82) is 0 Å². The fourth-order valence-corrected chi connectivity index (χ4v) is 2.17. The van der Waals surface area contributed by atoms with E-state index in [1.165, 1.54) is 32.9 Å². The van der Waals surface area contributed by atoms with Gasteiger partial charge < -0.3 is 18.9 Å². The molecule has 0 aromatic heterocycles. The molecule has 1 aliphatic rings. The van der Waals surface area contributed by atoms with Gasteiger partial charge in [0.05, 0.1) is 5.41 Å². The van der Waals surface area contributed by atoms with Gasteiger partial charge in [0.2, 0.25) is 0 Å². The third-order valence-corrected chi connectivity index (χ3v) is 3.22. The Morgan fingerprint density at radius 2 is 1.04 bits per heavy atom. The topological polar surface area (TPSA) is 105 Å². The Bertz CT molecular complexity index is 572. The van der Waals surface area contributed by atoms with Gasteiger partial charge in [-0.2, -0.15) is 0 Å². The van der Waals surface area contributed by atoms with Crippen LogP contribution in [0.25, 0.3) is 0 Å². The van der Waals surface area contributed by atoms with E-state index in [-0.39, 0.29) is 0 Å². The molecule has 1 aliphatic carbocycles. The molecule has 8 nitrogen and oxygen atoms in total. The molecule has 0 saturated heterocycles. The number of carbonyl (C=O) groups is 4. The highest BCUT2D eigenvalue weighted by Gasteiger charge is 2.45. The molecule has 1 rings (SSSR count). The minimum Gasteiger partial charge on any atom is -0.454 e. The smallest absolute Gasteiger partial charge is 0.311 e. The van der Waals surface area contributed by atoms with E-state index >= 15 is 0 Å². The van der Waals surface area contributed by atoms with E-state index in [0.29, 0.717) is 0 Å². The molecular weight excluding hydrogens is 332 g/mol. The molecule has 0 amide bonds. The molecule has 0 saturated carbocycles. The average molecular weight is 356 g/mol. The zero-order valence-electron chi connectivity index (χ0n) is 15.2. The largest absolute Gasteiger partial charge is 0.454 e. The summed E-state index contributed by atoms with van der Waals surface area (Å²) in [5.41, 5.74) is -0.779. The normalized spacial score (nSPS) is 25.7. The summed E-state index contributed by atoms with van der Waals surface area (Å²) in [7, 11) is 0. The van der Waals surface area contributed by atoms with Crippen LogP contribution in [0.15, 0.2) is 12.2 Å². The minimum absolute atomic E-state index is 0.521. The Morgan fingerprint density at radius 1 is 0.680 bits per heavy atom. The number of carbonyl (C=O) groups excluding carboxylic acids is 4. The van der Waals surface area contributed by atoms with E-state index in [0.717, 1.165) is 0 Å². The van der Waals surface area contributed by atoms with Crippen LogP contribution < -0.4 is 0 Å². The molecule has 25 heavy (non-hydrogen) atoms. The lowest BCUT2D eigenvalue weighted by molar-refractivity contribution is -0.195. The number of hydrogen-bond acceptors (Lipinski definition) is 8. The van der Waals surface area contributed by atoms with E-state index < -0.39 is 53.7 Å². The molecule has 140 valence electrons. The molecule has 8 heteroatoms. The first kappa shape index (κ1) is 20.7. The third kappa shape index (κ3) is 6.21. The van der Waals surface area contributed by atoms with Gasteiger partial charge in [-0.25, -0.2) is 0 Å². The fraction of sp³-hybridized carbons (Fsp3) is 0.647. The summed E-state index contributed by atoms with van der Waals surface area (Å²) < 4.78 is 20.9. The first-order valence-electron chi connectivity index (χ1n) is 7.83. The summed E-state index contributed by atoms with van der Waals surface area (Å²) in [6.07, 6.45) is -1.32. The van der Waals surface area contributed by atoms with E-state index in [2.05, 4.69) is 0 Å². The molecule has 0 aromatic carbocycles. The molecular formula is C17H24O8. The van der Waals surface area contributed by atoms with E-state index in [1.807, 2.05) is 0 Å². The minimum atomic E-state index is -1.14. The molecule has 0 N–H and O–H groups in total. The third-order valence-electron chi connectivity index (χ3n) is 3.22. The van der Waals surface area contributed by atoms with E-state index in [4.69, 9.17) is 18.9 Å². The lowest BCUT2D eigenvalue weighted by Gasteiger charge is -2.37. The van der Waals surface area contributed by atoms with Gasteiger partial charge in [0.15, 0.2) is 24.4 Å². The summed E-state index contributed by atoms with van der Waals surface area (Å²) >= 11 is 0. The molecule has 0 spiro atoms. The Kier molecular flexibility index (Phi) is 6.72. The zero-order chi connectivity index (χ0) is 19.4. The van der Waals surface area contributed by atoms with Crippen molar-refractivity contribution in [3.05, 3.63) is 12.2 Å². The lowest BCUT2D eigenvalue weighted by Crippen LogP contribution is -2.53. The van der Waals surface area contributed by atoms with E-state index in [9.17, 15) is 19.2 Å². The molecule has 4 atom stereocenters. The zero-order valence-corrected chi connectivity index (χ0v) is 15.2. The van der Waals surface area contributed by atoms with Crippen LogP contribution in [0, 0.1) is 5.41 Å². The van der Waals surface area contributed by atoms with Crippen molar-refractivity contribution in [3.8, 4) is 0 Å². The number of esters is 4. The fourth-order valence-electron chi connectivity index (χ4n) is 2.17. The lowest BCUT2D eigenvalue weighted by atomic mass is 9.93. The Morgan fingerprint density at radius 3 is 1.36 bits per heavy atom. The second-order valence-electron chi connectivity index (χ2n) is 6.73. The van der Waals surface area contributed by atoms with Crippen molar-refractivity contribution in [2.45, 2.75) is 66.0 Å². The van der Waals surface area contributed by atoms with Crippen LogP contribution in [0.3, 0.4) is 0 Å². The molecule has 0 unspecified atom stereocenters. The van der Waals surface area contributed by atoms with Gasteiger partial charge in [0, 0.05) is 20.8 Å². The van der Waals surface area contributed by atoms with E-state index in [1.54, 1.807) is 20.8 Å². The molecule has 0 aromatic rings. The van der Waals surface area contributed by atoms with Crippen molar-refractivity contribution in [2.75, 3.05) is 0 Å². The summed E-state index contributed by atoms with van der Waals surface area (Å²) in [5, 5.41) is 0. The van der Waals surface area contributed by atoms with Crippen LogP contribution in [0.4, 0.5) is 0 Å². The summed E-state index contributed by atoms with van der Waals surface area (Å²) in [5.74, 6) is -2.43. The maximum atomic E-state index is 12.2. The highest BCUT2D eigenvalue weighted by Crippen LogP contribution is 2.27. The Balaban J connectivity index is 3.17. The number of ether oxygens (including phenoxy) is 4. The van der Waals surface area contributed by atoms with Gasteiger partial charge in [0.25, 0.3) is 0 Å². The van der Waals surface area contributed by atoms with Gasteiger partial charge in [-0.1, -0.05) is 0 Å². The summed E-state index contributed by atoms with van der Waals surface area (Å²) in [6, 6.07) is 0. The van der Waals surface area contributed by atoms with Gasteiger partial charge in [-0.05, 0) is 32.9 Å². The number of hydrogen-bond donors (Lipinski definition) is 0.